The molecule has 0 fully saturated rings. The molecule has 2 heterocycles. The maximum Gasteiger partial charge on any atom is 0.348 e. The second-order valence-electron chi connectivity index (χ2n) is 6.65. The fourth-order valence-corrected chi connectivity index (χ4v) is 3.56. The number of fused-ring (bicyclic) bond motifs is 2. The SMILES string of the molecule is Cc1ccc(-c2c(-c3occ4ccccc34)c(=O)oc3ccccc23)cc1. The summed E-state index contributed by atoms with van der Waals surface area (Å²) < 4.78 is 11.5. The molecule has 3 nitrogen and oxygen atoms in total. The van der Waals surface area contributed by atoms with Crippen LogP contribution in [0.2, 0.25) is 0 Å². The number of hydrogen-bond acceptors (Lipinski definition) is 3. The van der Waals surface area contributed by atoms with Crippen molar-refractivity contribution in [1.29, 1.82) is 0 Å². The number of hydrogen-bond donors (Lipinski definition) is 0. The monoisotopic (exact) mass is 352 g/mol. The van der Waals surface area contributed by atoms with Crippen molar-refractivity contribution in [3.63, 3.8) is 0 Å². The predicted octanol–water partition coefficient (Wildman–Crippen LogP) is 6.18. The Hall–Kier alpha value is -3.59. The molecule has 0 radical (unpaired) electrons. The molecule has 0 atom stereocenters. The lowest BCUT2D eigenvalue weighted by molar-refractivity contribution is 0.549. The molecule has 0 N–H and O–H groups in total. The van der Waals surface area contributed by atoms with Crippen molar-refractivity contribution in [3.8, 4) is 22.5 Å². The lowest BCUT2D eigenvalue weighted by Gasteiger charge is -2.11. The lowest BCUT2D eigenvalue weighted by Crippen LogP contribution is -2.05. The van der Waals surface area contributed by atoms with Gasteiger partial charge < -0.3 is 8.83 Å². The average molecular weight is 352 g/mol. The van der Waals surface area contributed by atoms with Crippen LogP contribution in [0.1, 0.15) is 5.56 Å². The minimum atomic E-state index is -0.399. The Bertz CT molecular complexity index is 1340. The molecule has 3 heteroatoms. The van der Waals surface area contributed by atoms with Crippen molar-refractivity contribution in [2.24, 2.45) is 0 Å². The van der Waals surface area contributed by atoms with Crippen LogP contribution in [0.4, 0.5) is 0 Å². The zero-order chi connectivity index (χ0) is 18.4. The zero-order valence-corrected chi connectivity index (χ0v) is 14.7. The van der Waals surface area contributed by atoms with Gasteiger partial charge in [0, 0.05) is 21.7 Å². The number of para-hydroxylation sites is 1. The first-order valence-corrected chi connectivity index (χ1v) is 8.82. The van der Waals surface area contributed by atoms with Gasteiger partial charge in [-0.15, -0.1) is 0 Å². The van der Waals surface area contributed by atoms with E-state index in [0.717, 1.165) is 32.8 Å². The highest BCUT2D eigenvalue weighted by atomic mass is 16.4. The van der Waals surface area contributed by atoms with Gasteiger partial charge in [0.1, 0.15) is 16.9 Å². The standard InChI is InChI=1S/C24H16O3/c1-15-10-12-16(13-11-15)21-19-8-4-5-9-20(19)27-24(25)22(21)23-18-7-3-2-6-17(18)14-26-23/h2-14H,1H3. The van der Waals surface area contributed by atoms with E-state index in [-0.39, 0.29) is 0 Å². The second kappa shape index (κ2) is 5.99. The maximum absolute atomic E-state index is 13.0. The smallest absolute Gasteiger partial charge is 0.348 e. The molecule has 5 rings (SSSR count). The van der Waals surface area contributed by atoms with Crippen LogP contribution >= 0.6 is 0 Å². The minimum Gasteiger partial charge on any atom is -0.463 e. The molecule has 0 bridgehead atoms. The Morgan fingerprint density at radius 1 is 0.741 bits per heavy atom. The molecule has 0 aliphatic carbocycles. The highest BCUT2D eigenvalue weighted by Crippen LogP contribution is 2.39. The van der Waals surface area contributed by atoms with E-state index in [0.29, 0.717) is 16.9 Å². The summed E-state index contributed by atoms with van der Waals surface area (Å²) in [6, 6.07) is 23.6. The van der Waals surface area contributed by atoms with Gasteiger partial charge in [0.05, 0.1) is 6.26 Å². The van der Waals surface area contributed by atoms with Gasteiger partial charge in [-0.05, 0) is 18.6 Å². The van der Waals surface area contributed by atoms with E-state index in [1.165, 1.54) is 0 Å². The molecule has 0 spiro atoms. The molecular formula is C24H16O3. The van der Waals surface area contributed by atoms with Crippen molar-refractivity contribution < 1.29 is 8.83 Å². The third-order valence-corrected chi connectivity index (χ3v) is 4.89. The van der Waals surface area contributed by atoms with Crippen LogP contribution in [0.5, 0.6) is 0 Å². The Kier molecular flexibility index (Phi) is 3.47. The van der Waals surface area contributed by atoms with Crippen molar-refractivity contribution >= 4 is 21.7 Å². The summed E-state index contributed by atoms with van der Waals surface area (Å²) in [6.07, 6.45) is 1.68. The molecular weight excluding hydrogens is 336 g/mol. The summed E-state index contributed by atoms with van der Waals surface area (Å²) >= 11 is 0. The Morgan fingerprint density at radius 3 is 2.26 bits per heavy atom. The molecule has 0 saturated heterocycles. The summed E-state index contributed by atoms with van der Waals surface area (Å²) in [6.45, 7) is 2.04. The fraction of sp³-hybridized carbons (Fsp3) is 0.0417. The molecule has 0 aliphatic rings. The molecule has 2 aromatic heterocycles. The van der Waals surface area contributed by atoms with Crippen molar-refractivity contribution in [3.05, 3.63) is 95.0 Å². The van der Waals surface area contributed by atoms with Crippen LogP contribution in [-0.4, -0.2) is 0 Å². The van der Waals surface area contributed by atoms with E-state index in [2.05, 4.69) is 0 Å². The molecule has 27 heavy (non-hydrogen) atoms. The Morgan fingerprint density at radius 2 is 1.44 bits per heavy atom. The van der Waals surface area contributed by atoms with Crippen LogP contribution in [0, 0.1) is 6.92 Å². The van der Waals surface area contributed by atoms with Crippen molar-refractivity contribution in [1.82, 2.24) is 0 Å². The van der Waals surface area contributed by atoms with Crippen LogP contribution in [0.3, 0.4) is 0 Å². The van der Waals surface area contributed by atoms with Crippen LogP contribution in [0.25, 0.3) is 44.2 Å². The number of benzene rings is 3. The van der Waals surface area contributed by atoms with E-state index < -0.39 is 5.63 Å². The first-order chi connectivity index (χ1) is 13.2. The lowest BCUT2D eigenvalue weighted by atomic mass is 9.94. The quantitative estimate of drug-likeness (QED) is 0.356. The fourth-order valence-electron chi connectivity index (χ4n) is 3.56. The third kappa shape index (κ3) is 2.48. The van der Waals surface area contributed by atoms with Gasteiger partial charge in [0.25, 0.3) is 0 Å². The molecule has 0 amide bonds. The Balaban J connectivity index is 1.95. The van der Waals surface area contributed by atoms with Crippen molar-refractivity contribution in [2.45, 2.75) is 6.92 Å². The van der Waals surface area contributed by atoms with Crippen molar-refractivity contribution in [2.75, 3.05) is 0 Å². The molecule has 0 unspecified atom stereocenters. The molecule has 3 aromatic carbocycles. The van der Waals surface area contributed by atoms with Gasteiger partial charge in [0.2, 0.25) is 0 Å². The highest BCUT2D eigenvalue weighted by Gasteiger charge is 2.22. The average Bonchev–Trinajstić information content (AvgIpc) is 3.11. The van der Waals surface area contributed by atoms with Gasteiger partial charge in [-0.2, -0.15) is 0 Å². The second-order valence-corrected chi connectivity index (χ2v) is 6.65. The van der Waals surface area contributed by atoms with Gasteiger partial charge >= 0.3 is 5.63 Å². The number of furan rings is 1. The number of aryl methyl sites for hydroxylation is 1. The van der Waals surface area contributed by atoms with Gasteiger partial charge in [-0.1, -0.05) is 72.3 Å². The van der Waals surface area contributed by atoms with E-state index in [1.54, 1.807) is 6.26 Å². The third-order valence-electron chi connectivity index (χ3n) is 4.89. The summed E-state index contributed by atoms with van der Waals surface area (Å²) in [5.41, 5.74) is 3.58. The summed E-state index contributed by atoms with van der Waals surface area (Å²) in [5, 5.41) is 2.74. The molecule has 130 valence electrons. The summed E-state index contributed by atoms with van der Waals surface area (Å²) in [4.78, 5) is 13.0. The van der Waals surface area contributed by atoms with Crippen LogP contribution < -0.4 is 5.63 Å². The predicted molar refractivity (Wildman–Crippen MR) is 108 cm³/mol. The minimum absolute atomic E-state index is 0.399. The summed E-state index contributed by atoms with van der Waals surface area (Å²) in [7, 11) is 0. The summed E-state index contributed by atoms with van der Waals surface area (Å²) in [5.74, 6) is 0.542. The first-order valence-electron chi connectivity index (χ1n) is 8.82. The van der Waals surface area contributed by atoms with E-state index >= 15 is 0 Å². The van der Waals surface area contributed by atoms with Crippen LogP contribution in [-0.2, 0) is 0 Å². The van der Waals surface area contributed by atoms with E-state index in [9.17, 15) is 4.79 Å². The van der Waals surface area contributed by atoms with Gasteiger partial charge in [0.15, 0.2) is 0 Å². The first kappa shape index (κ1) is 15.6. The zero-order valence-electron chi connectivity index (χ0n) is 14.7. The molecule has 0 saturated carbocycles. The molecule has 5 aromatic rings. The highest BCUT2D eigenvalue weighted by molar-refractivity contribution is 6.05. The normalized spacial score (nSPS) is 11.3. The topological polar surface area (TPSA) is 43.4 Å². The van der Waals surface area contributed by atoms with E-state index in [1.807, 2.05) is 79.7 Å². The van der Waals surface area contributed by atoms with Gasteiger partial charge in [-0.3, -0.25) is 0 Å². The Labute approximate surface area is 155 Å². The largest absolute Gasteiger partial charge is 0.463 e. The number of rotatable bonds is 2. The van der Waals surface area contributed by atoms with Crippen LogP contribution in [0.15, 0.2) is 92.7 Å². The maximum atomic E-state index is 13.0. The molecule has 0 aliphatic heterocycles. The van der Waals surface area contributed by atoms with Gasteiger partial charge in [-0.25, -0.2) is 4.79 Å². The van der Waals surface area contributed by atoms with E-state index in [4.69, 9.17) is 8.83 Å².